The Kier molecular flexibility index (Phi) is 8.30. The van der Waals surface area contributed by atoms with Crippen molar-refractivity contribution in [2.24, 2.45) is 0 Å². The lowest BCUT2D eigenvalue weighted by Crippen LogP contribution is -2.27. The number of rotatable bonds is 10. The Morgan fingerprint density at radius 2 is 1.48 bits per heavy atom. The Morgan fingerprint density at radius 3 is 2.18 bits per heavy atom. The van der Waals surface area contributed by atoms with Gasteiger partial charge in [-0.3, -0.25) is 9.59 Å². The van der Waals surface area contributed by atoms with Gasteiger partial charge >= 0.3 is 0 Å². The van der Waals surface area contributed by atoms with Crippen LogP contribution in [-0.2, 0) is 17.6 Å². The van der Waals surface area contributed by atoms with Gasteiger partial charge in [0, 0.05) is 6.54 Å². The SMILES string of the molecule is COc1ccc(CC(=O)Nc2ccccc2C(=O)NCCc2ccc(OC)c(OC)c2)cc1. The first-order valence-corrected chi connectivity index (χ1v) is 10.5. The molecule has 0 bridgehead atoms. The summed E-state index contributed by atoms with van der Waals surface area (Å²) in [6.45, 7) is 0.433. The van der Waals surface area contributed by atoms with Crippen LogP contribution in [0.1, 0.15) is 21.5 Å². The summed E-state index contributed by atoms with van der Waals surface area (Å²) in [4.78, 5) is 25.3. The highest BCUT2D eigenvalue weighted by molar-refractivity contribution is 6.04. The summed E-state index contributed by atoms with van der Waals surface area (Å²) in [5.74, 6) is 1.58. The van der Waals surface area contributed by atoms with Crippen LogP contribution in [-0.4, -0.2) is 39.7 Å². The van der Waals surface area contributed by atoms with E-state index >= 15 is 0 Å². The van der Waals surface area contributed by atoms with Gasteiger partial charge in [0.25, 0.3) is 5.91 Å². The number of hydrogen-bond donors (Lipinski definition) is 2. The summed E-state index contributed by atoms with van der Waals surface area (Å²) in [5.41, 5.74) is 2.74. The second kappa shape index (κ2) is 11.6. The van der Waals surface area contributed by atoms with E-state index in [4.69, 9.17) is 14.2 Å². The molecule has 0 saturated carbocycles. The molecular formula is C26H28N2O5. The molecule has 0 aliphatic rings. The minimum atomic E-state index is -0.254. The molecule has 0 spiro atoms. The van der Waals surface area contributed by atoms with E-state index in [9.17, 15) is 9.59 Å². The fraction of sp³-hybridized carbons (Fsp3) is 0.231. The summed E-state index contributed by atoms with van der Waals surface area (Å²) in [6, 6.07) is 19.9. The molecule has 2 amide bonds. The van der Waals surface area contributed by atoms with Gasteiger partial charge in [0.2, 0.25) is 5.91 Å². The molecule has 7 heteroatoms. The van der Waals surface area contributed by atoms with Crippen LogP contribution < -0.4 is 24.8 Å². The molecule has 0 aliphatic heterocycles. The standard InChI is InChI=1S/C26H28N2O5/c1-31-20-11-8-18(9-12-20)17-25(29)28-22-7-5-4-6-21(22)26(30)27-15-14-19-10-13-23(32-2)24(16-19)33-3/h4-13,16H,14-15,17H2,1-3H3,(H,27,30)(H,28,29). The molecule has 172 valence electrons. The smallest absolute Gasteiger partial charge is 0.253 e. The second-order valence-corrected chi connectivity index (χ2v) is 7.31. The van der Waals surface area contributed by atoms with E-state index in [1.54, 1.807) is 45.6 Å². The van der Waals surface area contributed by atoms with E-state index in [0.717, 1.165) is 16.9 Å². The van der Waals surface area contributed by atoms with E-state index < -0.39 is 0 Å². The van der Waals surface area contributed by atoms with E-state index in [2.05, 4.69) is 10.6 Å². The van der Waals surface area contributed by atoms with Crippen molar-refractivity contribution in [2.45, 2.75) is 12.8 Å². The van der Waals surface area contributed by atoms with Gasteiger partial charge in [-0.05, 0) is 53.9 Å². The Labute approximate surface area is 193 Å². The summed E-state index contributed by atoms with van der Waals surface area (Å²) in [7, 11) is 4.77. The van der Waals surface area contributed by atoms with Gasteiger partial charge in [0.05, 0.1) is 39.0 Å². The number of benzene rings is 3. The van der Waals surface area contributed by atoms with Crippen LogP contribution >= 0.6 is 0 Å². The predicted octanol–water partition coefficient (Wildman–Crippen LogP) is 3.87. The normalized spacial score (nSPS) is 10.3. The lowest BCUT2D eigenvalue weighted by molar-refractivity contribution is -0.115. The monoisotopic (exact) mass is 448 g/mol. The van der Waals surface area contributed by atoms with Crippen molar-refractivity contribution >= 4 is 17.5 Å². The third-order valence-electron chi connectivity index (χ3n) is 5.12. The number of carbonyl (C=O) groups excluding carboxylic acids is 2. The summed E-state index contributed by atoms with van der Waals surface area (Å²) in [5, 5.41) is 5.76. The Bertz CT molecular complexity index is 1100. The third-order valence-corrected chi connectivity index (χ3v) is 5.12. The molecule has 0 saturated heterocycles. The molecule has 7 nitrogen and oxygen atoms in total. The number of ether oxygens (including phenoxy) is 3. The summed E-state index contributed by atoms with van der Waals surface area (Å²) < 4.78 is 15.7. The number of nitrogens with one attached hydrogen (secondary N) is 2. The van der Waals surface area contributed by atoms with Crippen LogP contribution in [0.3, 0.4) is 0 Å². The van der Waals surface area contributed by atoms with E-state index in [0.29, 0.717) is 35.7 Å². The first-order chi connectivity index (χ1) is 16.0. The largest absolute Gasteiger partial charge is 0.497 e. The van der Waals surface area contributed by atoms with Crippen LogP contribution in [0.2, 0.25) is 0 Å². The molecule has 0 fully saturated rings. The molecular weight excluding hydrogens is 420 g/mol. The zero-order chi connectivity index (χ0) is 23.6. The van der Waals surface area contributed by atoms with Gasteiger partial charge in [-0.15, -0.1) is 0 Å². The molecule has 0 atom stereocenters. The predicted molar refractivity (Wildman–Crippen MR) is 127 cm³/mol. The molecule has 33 heavy (non-hydrogen) atoms. The maximum absolute atomic E-state index is 12.8. The molecule has 0 radical (unpaired) electrons. The van der Waals surface area contributed by atoms with Gasteiger partial charge in [-0.2, -0.15) is 0 Å². The van der Waals surface area contributed by atoms with Crippen molar-refractivity contribution in [1.82, 2.24) is 5.32 Å². The Balaban J connectivity index is 1.58. The average Bonchev–Trinajstić information content (AvgIpc) is 2.84. The van der Waals surface area contributed by atoms with Gasteiger partial charge in [0.1, 0.15) is 5.75 Å². The zero-order valence-electron chi connectivity index (χ0n) is 19.0. The lowest BCUT2D eigenvalue weighted by Gasteiger charge is -2.12. The number of anilines is 1. The molecule has 0 aromatic heterocycles. The lowest BCUT2D eigenvalue weighted by atomic mass is 10.1. The fourth-order valence-electron chi connectivity index (χ4n) is 3.37. The topological polar surface area (TPSA) is 85.9 Å². The molecule has 3 aromatic rings. The Hall–Kier alpha value is -4.00. The Morgan fingerprint density at radius 1 is 0.788 bits per heavy atom. The van der Waals surface area contributed by atoms with E-state index in [1.807, 2.05) is 42.5 Å². The van der Waals surface area contributed by atoms with Gasteiger partial charge < -0.3 is 24.8 Å². The highest BCUT2D eigenvalue weighted by Crippen LogP contribution is 2.27. The molecule has 0 unspecified atom stereocenters. The van der Waals surface area contributed by atoms with Crippen LogP contribution in [0.4, 0.5) is 5.69 Å². The third kappa shape index (κ3) is 6.49. The average molecular weight is 449 g/mol. The minimum absolute atomic E-state index is 0.194. The first kappa shape index (κ1) is 23.7. The number of methoxy groups -OCH3 is 3. The van der Waals surface area contributed by atoms with Gasteiger partial charge in [0.15, 0.2) is 11.5 Å². The fourth-order valence-corrected chi connectivity index (χ4v) is 3.37. The number of hydrogen-bond acceptors (Lipinski definition) is 5. The van der Waals surface area contributed by atoms with Crippen molar-refractivity contribution in [3.05, 3.63) is 83.4 Å². The summed E-state index contributed by atoms with van der Waals surface area (Å²) in [6.07, 6.45) is 0.817. The summed E-state index contributed by atoms with van der Waals surface area (Å²) >= 11 is 0. The van der Waals surface area contributed by atoms with E-state index in [1.165, 1.54) is 0 Å². The molecule has 3 rings (SSSR count). The highest BCUT2D eigenvalue weighted by atomic mass is 16.5. The van der Waals surface area contributed by atoms with Crippen LogP contribution in [0, 0.1) is 0 Å². The van der Waals surface area contributed by atoms with Crippen LogP contribution in [0.15, 0.2) is 66.7 Å². The van der Waals surface area contributed by atoms with Crippen molar-refractivity contribution in [3.8, 4) is 17.2 Å². The number of para-hydroxylation sites is 1. The molecule has 0 heterocycles. The van der Waals surface area contributed by atoms with Gasteiger partial charge in [-0.25, -0.2) is 0 Å². The quantitative estimate of drug-likeness (QED) is 0.492. The van der Waals surface area contributed by atoms with Crippen molar-refractivity contribution < 1.29 is 23.8 Å². The minimum Gasteiger partial charge on any atom is -0.497 e. The maximum atomic E-state index is 12.8. The van der Waals surface area contributed by atoms with Crippen molar-refractivity contribution in [1.29, 1.82) is 0 Å². The van der Waals surface area contributed by atoms with Gasteiger partial charge in [-0.1, -0.05) is 30.3 Å². The number of carbonyl (C=O) groups is 2. The first-order valence-electron chi connectivity index (χ1n) is 10.5. The molecule has 2 N–H and O–H groups in total. The van der Waals surface area contributed by atoms with Crippen LogP contribution in [0.5, 0.6) is 17.2 Å². The van der Waals surface area contributed by atoms with Crippen molar-refractivity contribution in [3.63, 3.8) is 0 Å². The number of amides is 2. The van der Waals surface area contributed by atoms with Crippen molar-refractivity contribution in [2.75, 3.05) is 33.2 Å². The molecule has 0 aliphatic carbocycles. The van der Waals surface area contributed by atoms with Crippen LogP contribution in [0.25, 0.3) is 0 Å². The molecule has 3 aromatic carbocycles. The maximum Gasteiger partial charge on any atom is 0.253 e. The highest BCUT2D eigenvalue weighted by Gasteiger charge is 2.13. The zero-order valence-corrected chi connectivity index (χ0v) is 19.0. The van der Waals surface area contributed by atoms with E-state index in [-0.39, 0.29) is 18.2 Å². The second-order valence-electron chi connectivity index (χ2n) is 7.31.